The van der Waals surface area contributed by atoms with Gasteiger partial charge in [-0.3, -0.25) is 4.98 Å². The van der Waals surface area contributed by atoms with Gasteiger partial charge < -0.3 is 5.21 Å². The fraction of sp³-hybridized carbons (Fsp3) is 0.250. The van der Waals surface area contributed by atoms with E-state index in [-0.39, 0.29) is 0 Å². The third-order valence-electron chi connectivity index (χ3n) is 1.28. The molecule has 11 heavy (non-hydrogen) atoms. The van der Waals surface area contributed by atoms with Crippen LogP contribution in [0, 0.1) is 5.21 Å². The molecule has 0 unspecified atom stereocenters. The van der Waals surface area contributed by atoms with Gasteiger partial charge in [0.1, 0.15) is 5.69 Å². The largest absolute Gasteiger partial charge is 0.624 e. The van der Waals surface area contributed by atoms with E-state index in [9.17, 15) is 5.21 Å². The molecule has 0 aromatic carbocycles. The molecule has 0 aliphatic rings. The molecule has 0 saturated heterocycles. The monoisotopic (exact) mass is 150 g/mol. The first-order valence-corrected chi connectivity index (χ1v) is 3.52. The lowest BCUT2D eigenvalue weighted by atomic mass is 10.4. The number of rotatable bonds is 2. The van der Waals surface area contributed by atoms with E-state index in [0.717, 1.165) is 4.74 Å². The van der Waals surface area contributed by atoms with Crippen molar-refractivity contribution in [3.05, 3.63) is 35.3 Å². The lowest BCUT2D eigenvalue weighted by Gasteiger charge is -1.97. The van der Waals surface area contributed by atoms with Crippen LogP contribution in [-0.4, -0.2) is 22.5 Å². The Morgan fingerprint density at radius 1 is 1.64 bits per heavy atom. The minimum Gasteiger partial charge on any atom is -0.624 e. The minimum absolute atomic E-state index is 0.455. The van der Waals surface area contributed by atoms with Gasteiger partial charge in [0.15, 0.2) is 12.8 Å². The van der Waals surface area contributed by atoms with E-state index in [1.165, 1.54) is 6.21 Å². The predicted molar refractivity (Wildman–Crippen MR) is 43.6 cm³/mol. The third kappa shape index (κ3) is 2.37. The van der Waals surface area contributed by atoms with Crippen molar-refractivity contribution in [3.63, 3.8) is 0 Å². The Balaban J connectivity index is 2.79. The molecule has 3 heteroatoms. The Kier molecular flexibility index (Phi) is 2.60. The van der Waals surface area contributed by atoms with Gasteiger partial charge in [-0.1, -0.05) is 6.07 Å². The second kappa shape index (κ2) is 3.71. The first kappa shape index (κ1) is 7.72. The Morgan fingerprint density at radius 2 is 2.45 bits per heavy atom. The smallest absolute Gasteiger partial charge is 0.200 e. The summed E-state index contributed by atoms with van der Waals surface area (Å²) in [5, 5.41) is 10.8. The Morgan fingerprint density at radius 3 is 3.00 bits per heavy atom. The molecule has 1 aromatic rings. The van der Waals surface area contributed by atoms with Crippen molar-refractivity contribution in [1.29, 1.82) is 0 Å². The summed E-state index contributed by atoms with van der Waals surface area (Å²) >= 11 is 0. The third-order valence-corrected chi connectivity index (χ3v) is 1.28. The summed E-state index contributed by atoms with van der Waals surface area (Å²) in [7, 11) is 0. The molecule has 0 aliphatic carbocycles. The van der Waals surface area contributed by atoms with Crippen LogP contribution in [0.15, 0.2) is 24.4 Å². The molecule has 0 amide bonds. The lowest BCUT2D eigenvalue weighted by molar-refractivity contribution is -0.447. The second-order valence-electron chi connectivity index (χ2n) is 2.12. The Bertz CT molecular complexity index is 244. The summed E-state index contributed by atoms with van der Waals surface area (Å²) < 4.78 is 0.850. The van der Waals surface area contributed by atoms with Crippen molar-refractivity contribution in [3.8, 4) is 0 Å². The van der Waals surface area contributed by atoms with Gasteiger partial charge in [0.05, 0.1) is 0 Å². The quantitative estimate of drug-likeness (QED) is 0.273. The summed E-state index contributed by atoms with van der Waals surface area (Å²) in [4.78, 5) is 3.97. The number of hydrogen-bond donors (Lipinski definition) is 0. The maximum absolute atomic E-state index is 10.8. The molecule has 0 aliphatic heterocycles. The SMILES string of the molecule is CC[N+]([O-])=Cc1ccccn1. The zero-order chi connectivity index (χ0) is 8.10. The van der Waals surface area contributed by atoms with E-state index in [1.807, 2.05) is 12.1 Å². The number of pyridine rings is 1. The standard InChI is InChI=1S/C8H10N2O/c1-2-10(11)7-8-5-3-4-6-9-8/h3-7H,2H2,1H3. The molecule has 1 rings (SSSR count). The highest BCUT2D eigenvalue weighted by Gasteiger charge is 1.90. The summed E-state index contributed by atoms with van der Waals surface area (Å²) in [6.45, 7) is 2.25. The van der Waals surface area contributed by atoms with Crippen molar-refractivity contribution in [1.82, 2.24) is 4.98 Å². The van der Waals surface area contributed by atoms with Crippen LogP contribution in [0.25, 0.3) is 0 Å². The summed E-state index contributed by atoms with van der Waals surface area (Å²) in [5.41, 5.74) is 0.698. The van der Waals surface area contributed by atoms with Crippen LogP contribution >= 0.6 is 0 Å². The molecule has 0 fully saturated rings. The van der Waals surface area contributed by atoms with E-state index in [4.69, 9.17) is 0 Å². The summed E-state index contributed by atoms with van der Waals surface area (Å²) in [5.74, 6) is 0. The topological polar surface area (TPSA) is 39.0 Å². The average Bonchev–Trinajstić information content (AvgIpc) is 2.06. The number of hydrogen-bond acceptors (Lipinski definition) is 2. The minimum atomic E-state index is 0.455. The van der Waals surface area contributed by atoms with Gasteiger partial charge in [0, 0.05) is 6.20 Å². The van der Waals surface area contributed by atoms with Gasteiger partial charge in [-0.25, -0.2) is 4.74 Å². The number of hydroxylamine groups is 1. The Hall–Kier alpha value is -1.38. The number of aromatic nitrogens is 1. The van der Waals surface area contributed by atoms with Gasteiger partial charge in [0.2, 0.25) is 0 Å². The van der Waals surface area contributed by atoms with Crippen LogP contribution in [-0.2, 0) is 0 Å². The highest BCUT2D eigenvalue weighted by Crippen LogP contribution is 1.87. The molecule has 0 bridgehead atoms. The fourth-order valence-corrected chi connectivity index (χ4v) is 0.691. The average molecular weight is 150 g/mol. The van der Waals surface area contributed by atoms with Crippen LogP contribution in [0.1, 0.15) is 12.6 Å². The first-order valence-electron chi connectivity index (χ1n) is 3.52. The molecule has 1 aromatic heterocycles. The van der Waals surface area contributed by atoms with Crippen LogP contribution < -0.4 is 0 Å². The van der Waals surface area contributed by atoms with Gasteiger partial charge in [-0.2, -0.15) is 0 Å². The van der Waals surface area contributed by atoms with Gasteiger partial charge in [0.25, 0.3) is 0 Å². The molecule has 58 valence electrons. The van der Waals surface area contributed by atoms with E-state index < -0.39 is 0 Å². The van der Waals surface area contributed by atoms with E-state index >= 15 is 0 Å². The molecule has 0 radical (unpaired) electrons. The fourth-order valence-electron chi connectivity index (χ4n) is 0.691. The second-order valence-corrected chi connectivity index (χ2v) is 2.12. The first-order chi connectivity index (χ1) is 5.33. The van der Waals surface area contributed by atoms with Crippen molar-refractivity contribution in [2.45, 2.75) is 6.92 Å². The van der Waals surface area contributed by atoms with Crippen LogP contribution in [0.2, 0.25) is 0 Å². The molecule has 0 saturated carbocycles. The van der Waals surface area contributed by atoms with Crippen LogP contribution in [0.3, 0.4) is 0 Å². The van der Waals surface area contributed by atoms with Gasteiger partial charge >= 0.3 is 0 Å². The highest BCUT2D eigenvalue weighted by molar-refractivity contribution is 5.72. The lowest BCUT2D eigenvalue weighted by Crippen LogP contribution is -2.04. The summed E-state index contributed by atoms with van der Waals surface area (Å²) in [6, 6.07) is 5.46. The maximum atomic E-state index is 10.8. The summed E-state index contributed by atoms with van der Waals surface area (Å²) in [6.07, 6.45) is 3.13. The normalized spacial score (nSPS) is 11.5. The molecule has 1 heterocycles. The predicted octanol–water partition coefficient (Wildman–Crippen LogP) is 1.03. The molecule has 0 spiro atoms. The van der Waals surface area contributed by atoms with E-state index in [2.05, 4.69) is 4.98 Å². The molecule has 0 N–H and O–H groups in total. The highest BCUT2D eigenvalue weighted by atomic mass is 16.5. The van der Waals surface area contributed by atoms with E-state index in [1.54, 1.807) is 19.2 Å². The maximum Gasteiger partial charge on any atom is 0.200 e. The molecule has 3 nitrogen and oxygen atoms in total. The molecular weight excluding hydrogens is 140 g/mol. The molecular formula is C8H10N2O. The zero-order valence-corrected chi connectivity index (χ0v) is 6.40. The Labute approximate surface area is 65.6 Å². The van der Waals surface area contributed by atoms with Gasteiger partial charge in [-0.05, 0) is 19.1 Å². The van der Waals surface area contributed by atoms with Gasteiger partial charge in [-0.15, -0.1) is 0 Å². The van der Waals surface area contributed by atoms with Crippen LogP contribution in [0.4, 0.5) is 0 Å². The van der Waals surface area contributed by atoms with Crippen molar-refractivity contribution < 1.29 is 4.74 Å². The number of nitrogens with zero attached hydrogens (tertiary/aromatic N) is 2. The van der Waals surface area contributed by atoms with Crippen molar-refractivity contribution >= 4 is 6.21 Å². The van der Waals surface area contributed by atoms with E-state index in [0.29, 0.717) is 12.2 Å². The van der Waals surface area contributed by atoms with Crippen molar-refractivity contribution in [2.24, 2.45) is 0 Å². The van der Waals surface area contributed by atoms with Crippen LogP contribution in [0.5, 0.6) is 0 Å². The van der Waals surface area contributed by atoms with Crippen molar-refractivity contribution in [2.75, 3.05) is 6.54 Å². The molecule has 0 atom stereocenters. The zero-order valence-electron chi connectivity index (χ0n) is 6.40.